The minimum Gasteiger partial charge on any atom is -0.384 e. The van der Waals surface area contributed by atoms with Crippen molar-refractivity contribution in [1.82, 2.24) is 10.6 Å². The third-order valence-corrected chi connectivity index (χ3v) is 5.21. The number of thioether (sulfide) groups is 1. The van der Waals surface area contributed by atoms with E-state index < -0.39 is 0 Å². The third-order valence-electron chi connectivity index (χ3n) is 4.16. The minimum atomic E-state index is -0.116. The van der Waals surface area contributed by atoms with Gasteiger partial charge in [-0.2, -0.15) is 0 Å². The summed E-state index contributed by atoms with van der Waals surface area (Å²) in [6.07, 6.45) is 3.98. The number of carbonyl (C=O) groups excluding carboxylic acids is 1. The monoisotopic (exact) mass is 342 g/mol. The van der Waals surface area contributed by atoms with Gasteiger partial charge in [-0.3, -0.25) is 4.79 Å². The lowest BCUT2D eigenvalue weighted by molar-refractivity contribution is 0.0511. The fourth-order valence-electron chi connectivity index (χ4n) is 2.80. The fraction of sp³-hybridized carbons (Fsp3) is 0.562. The Morgan fingerprint density at radius 3 is 2.82 bits per heavy atom. The Balaban J connectivity index is 2.04. The van der Waals surface area contributed by atoms with E-state index in [1.807, 2.05) is 18.4 Å². The van der Waals surface area contributed by atoms with Crippen LogP contribution in [0.4, 0.5) is 0 Å². The zero-order chi connectivity index (χ0) is 16.0. The van der Waals surface area contributed by atoms with Crippen LogP contribution in [-0.2, 0) is 4.74 Å². The van der Waals surface area contributed by atoms with E-state index in [1.165, 1.54) is 0 Å². The van der Waals surface area contributed by atoms with Gasteiger partial charge in [-0.25, -0.2) is 0 Å². The van der Waals surface area contributed by atoms with Crippen LogP contribution in [-0.4, -0.2) is 45.5 Å². The Morgan fingerprint density at radius 1 is 1.45 bits per heavy atom. The van der Waals surface area contributed by atoms with Gasteiger partial charge < -0.3 is 15.4 Å². The molecule has 1 aliphatic heterocycles. The summed E-state index contributed by atoms with van der Waals surface area (Å²) < 4.78 is 5.37. The van der Waals surface area contributed by atoms with Crippen LogP contribution in [0.3, 0.4) is 0 Å². The number of nitrogens with one attached hydrogen (secondary N) is 2. The maximum absolute atomic E-state index is 12.5. The number of carbonyl (C=O) groups is 1. The molecule has 2 N–H and O–H groups in total. The van der Waals surface area contributed by atoms with Crippen molar-refractivity contribution in [3.05, 3.63) is 28.8 Å². The zero-order valence-electron chi connectivity index (χ0n) is 13.1. The molecule has 122 valence electrons. The number of hydrogen-bond donors (Lipinski definition) is 2. The average Bonchev–Trinajstić information content (AvgIpc) is 2.54. The van der Waals surface area contributed by atoms with Crippen LogP contribution in [0.25, 0.3) is 0 Å². The first kappa shape index (κ1) is 17.6. The predicted octanol–water partition coefficient (Wildman–Crippen LogP) is 2.81. The number of amides is 1. The predicted molar refractivity (Wildman–Crippen MR) is 92.0 cm³/mol. The molecule has 0 aliphatic carbocycles. The van der Waals surface area contributed by atoms with E-state index in [1.54, 1.807) is 24.9 Å². The molecule has 22 heavy (non-hydrogen) atoms. The van der Waals surface area contributed by atoms with Crippen LogP contribution >= 0.6 is 23.4 Å². The lowest BCUT2D eigenvalue weighted by Crippen LogP contribution is -2.47. The largest absolute Gasteiger partial charge is 0.384 e. The number of benzene rings is 1. The summed E-state index contributed by atoms with van der Waals surface area (Å²) in [7, 11) is 1.71. The molecule has 0 saturated carbocycles. The van der Waals surface area contributed by atoms with Crippen LogP contribution in [0.15, 0.2) is 23.1 Å². The van der Waals surface area contributed by atoms with Crippen LogP contribution in [0.5, 0.6) is 0 Å². The highest BCUT2D eigenvalue weighted by Gasteiger charge is 2.32. The van der Waals surface area contributed by atoms with Gasteiger partial charge in [0.2, 0.25) is 0 Å². The zero-order valence-corrected chi connectivity index (χ0v) is 14.6. The van der Waals surface area contributed by atoms with Crippen LogP contribution in [0.2, 0.25) is 5.02 Å². The highest BCUT2D eigenvalue weighted by molar-refractivity contribution is 7.98. The molecule has 4 nitrogen and oxygen atoms in total. The lowest BCUT2D eigenvalue weighted by Gasteiger charge is -2.37. The van der Waals surface area contributed by atoms with Gasteiger partial charge in [-0.1, -0.05) is 11.6 Å². The van der Waals surface area contributed by atoms with E-state index >= 15 is 0 Å². The molecule has 2 rings (SSSR count). The van der Waals surface area contributed by atoms with Crippen molar-refractivity contribution in [1.29, 1.82) is 0 Å². The van der Waals surface area contributed by atoms with Crippen molar-refractivity contribution in [2.45, 2.75) is 17.7 Å². The smallest absolute Gasteiger partial charge is 0.252 e. The summed E-state index contributed by atoms with van der Waals surface area (Å²) in [6.45, 7) is 3.19. The summed E-state index contributed by atoms with van der Waals surface area (Å²) in [6, 6.07) is 5.54. The van der Waals surface area contributed by atoms with Crippen molar-refractivity contribution in [3.63, 3.8) is 0 Å². The summed E-state index contributed by atoms with van der Waals surface area (Å²) >= 11 is 7.76. The first-order valence-corrected chi connectivity index (χ1v) is 9.02. The van der Waals surface area contributed by atoms with Gasteiger partial charge in [-0.05, 0) is 50.4 Å². The quantitative estimate of drug-likeness (QED) is 0.780. The Hall–Kier alpha value is -0.750. The highest BCUT2D eigenvalue weighted by atomic mass is 35.5. The summed E-state index contributed by atoms with van der Waals surface area (Å²) in [5.41, 5.74) is 0.550. The van der Waals surface area contributed by atoms with Gasteiger partial charge in [0.15, 0.2) is 0 Å². The SMILES string of the molecule is COCC1(CNC(=O)c2cc(SC)ccc2Cl)CCNCC1. The van der Waals surface area contributed by atoms with Crippen molar-refractivity contribution in [2.75, 3.05) is 39.6 Å². The number of rotatable bonds is 6. The van der Waals surface area contributed by atoms with Crippen molar-refractivity contribution < 1.29 is 9.53 Å². The van der Waals surface area contributed by atoms with E-state index in [0.29, 0.717) is 23.7 Å². The Kier molecular flexibility index (Phi) is 6.56. The second kappa shape index (κ2) is 8.20. The molecule has 1 fully saturated rings. The maximum Gasteiger partial charge on any atom is 0.252 e. The number of methoxy groups -OCH3 is 1. The Labute approximate surface area is 141 Å². The van der Waals surface area contributed by atoms with E-state index in [2.05, 4.69) is 10.6 Å². The van der Waals surface area contributed by atoms with Gasteiger partial charge in [0.05, 0.1) is 17.2 Å². The van der Waals surface area contributed by atoms with Gasteiger partial charge >= 0.3 is 0 Å². The van der Waals surface area contributed by atoms with E-state index in [9.17, 15) is 4.79 Å². The first-order chi connectivity index (χ1) is 10.6. The molecule has 1 aromatic carbocycles. The van der Waals surface area contributed by atoms with Gasteiger partial charge in [0.1, 0.15) is 0 Å². The number of halogens is 1. The Morgan fingerprint density at radius 2 is 2.18 bits per heavy atom. The molecule has 0 atom stereocenters. The highest BCUT2D eigenvalue weighted by Crippen LogP contribution is 2.29. The molecule has 0 unspecified atom stereocenters. The Bertz CT molecular complexity index is 513. The topological polar surface area (TPSA) is 50.4 Å². The van der Waals surface area contributed by atoms with Crippen molar-refractivity contribution in [2.24, 2.45) is 5.41 Å². The molecule has 0 bridgehead atoms. The molecular weight excluding hydrogens is 320 g/mol. The molecule has 0 radical (unpaired) electrons. The standard InChI is InChI=1S/C16H23ClN2O2S/c1-21-11-16(5-7-18-8-6-16)10-19-15(20)13-9-12(22-2)3-4-14(13)17/h3-4,9,18H,5-8,10-11H2,1-2H3,(H,19,20). The first-order valence-electron chi connectivity index (χ1n) is 7.42. The second-order valence-corrected chi connectivity index (χ2v) is 7.00. The van der Waals surface area contributed by atoms with E-state index in [0.717, 1.165) is 30.8 Å². The normalized spacial score (nSPS) is 17.2. The van der Waals surface area contributed by atoms with Crippen LogP contribution in [0.1, 0.15) is 23.2 Å². The van der Waals surface area contributed by atoms with Crippen molar-refractivity contribution >= 4 is 29.3 Å². The van der Waals surface area contributed by atoms with Gasteiger partial charge in [0.25, 0.3) is 5.91 Å². The summed E-state index contributed by atoms with van der Waals surface area (Å²) in [4.78, 5) is 13.5. The average molecular weight is 343 g/mol. The molecule has 1 aliphatic rings. The fourth-order valence-corrected chi connectivity index (χ4v) is 3.45. The van der Waals surface area contributed by atoms with Crippen LogP contribution < -0.4 is 10.6 Å². The maximum atomic E-state index is 12.5. The second-order valence-electron chi connectivity index (χ2n) is 5.71. The molecule has 1 saturated heterocycles. The summed E-state index contributed by atoms with van der Waals surface area (Å²) in [5, 5.41) is 6.88. The molecule has 0 spiro atoms. The molecule has 6 heteroatoms. The molecule has 1 amide bonds. The number of piperidine rings is 1. The molecule has 1 heterocycles. The van der Waals surface area contributed by atoms with Crippen LogP contribution in [0, 0.1) is 5.41 Å². The van der Waals surface area contributed by atoms with E-state index in [-0.39, 0.29) is 11.3 Å². The van der Waals surface area contributed by atoms with Crippen molar-refractivity contribution in [3.8, 4) is 0 Å². The molecular formula is C16H23ClN2O2S. The molecule has 0 aromatic heterocycles. The summed E-state index contributed by atoms with van der Waals surface area (Å²) in [5.74, 6) is -0.116. The van der Waals surface area contributed by atoms with E-state index in [4.69, 9.17) is 16.3 Å². The molecule has 1 aromatic rings. The third kappa shape index (κ3) is 4.38. The van der Waals surface area contributed by atoms with Gasteiger partial charge in [-0.15, -0.1) is 11.8 Å². The van der Waals surface area contributed by atoms with Gasteiger partial charge in [0, 0.05) is 24.0 Å². The number of hydrogen-bond acceptors (Lipinski definition) is 4. The number of ether oxygens (including phenoxy) is 1. The lowest BCUT2D eigenvalue weighted by atomic mass is 9.79. The minimum absolute atomic E-state index is 0.0131.